The molecule has 10 nitrogen and oxygen atoms in total. The summed E-state index contributed by atoms with van der Waals surface area (Å²) in [5.41, 5.74) is 4.50. The minimum atomic E-state index is -0.280. The maximum atomic E-state index is 13.2. The lowest BCUT2D eigenvalue weighted by atomic mass is 10.1. The minimum Gasteiger partial charge on any atom is -0.369 e. The van der Waals surface area contributed by atoms with Crippen LogP contribution in [0, 0.1) is 0 Å². The highest BCUT2D eigenvalue weighted by molar-refractivity contribution is 5.99. The van der Waals surface area contributed by atoms with Crippen molar-refractivity contribution in [3.63, 3.8) is 0 Å². The molecule has 5 rings (SSSR count). The van der Waals surface area contributed by atoms with Gasteiger partial charge in [-0.25, -0.2) is 9.78 Å². The molecule has 0 atom stereocenters. The van der Waals surface area contributed by atoms with Crippen LogP contribution in [0.4, 0.5) is 33.6 Å². The molecule has 3 aromatic rings. The van der Waals surface area contributed by atoms with E-state index < -0.39 is 0 Å². The molecule has 2 N–H and O–H groups in total. The van der Waals surface area contributed by atoms with Gasteiger partial charge in [0.05, 0.1) is 6.54 Å². The van der Waals surface area contributed by atoms with Crippen LogP contribution in [-0.2, 0) is 17.9 Å². The maximum Gasteiger partial charge on any atom is 0.326 e. The average molecular weight is 513 g/mol. The molecule has 0 unspecified atom stereocenters. The van der Waals surface area contributed by atoms with E-state index in [2.05, 4.69) is 56.2 Å². The zero-order chi connectivity index (χ0) is 26.6. The third-order valence-electron chi connectivity index (χ3n) is 6.82. The Kier molecular flexibility index (Phi) is 7.23. The Bertz CT molecular complexity index is 1330. The van der Waals surface area contributed by atoms with Gasteiger partial charge in [-0.05, 0) is 55.1 Å². The van der Waals surface area contributed by atoms with Crippen molar-refractivity contribution in [2.24, 2.45) is 0 Å². The standard InChI is InChI=1S/C28H32N8O2/c1-4-25(37)30-23-7-5-6-20(16-23)18-36-19-21-17-29-27(32-26(21)34(3)28(36)38)31-22-8-10-24(11-9-22)35-14-12-33(2)13-15-35/h4-11,16-17H,1,12-15,18-19H2,2-3H3,(H,30,37)(H,29,31,32). The van der Waals surface area contributed by atoms with Crippen molar-refractivity contribution in [1.82, 2.24) is 19.8 Å². The van der Waals surface area contributed by atoms with Gasteiger partial charge in [0.15, 0.2) is 0 Å². The number of hydrogen-bond donors (Lipinski definition) is 2. The van der Waals surface area contributed by atoms with Crippen LogP contribution in [0.5, 0.6) is 0 Å². The number of carbonyl (C=O) groups excluding carboxylic acids is 2. The highest BCUT2D eigenvalue weighted by Gasteiger charge is 2.29. The van der Waals surface area contributed by atoms with Crippen LogP contribution in [0.2, 0.25) is 0 Å². The normalized spacial score (nSPS) is 15.7. The molecule has 3 heterocycles. The zero-order valence-electron chi connectivity index (χ0n) is 21.7. The lowest BCUT2D eigenvalue weighted by molar-refractivity contribution is -0.111. The number of nitrogens with one attached hydrogen (secondary N) is 2. The first-order chi connectivity index (χ1) is 18.4. The Morgan fingerprint density at radius 3 is 2.55 bits per heavy atom. The molecule has 0 saturated carbocycles. The quantitative estimate of drug-likeness (QED) is 0.466. The molecule has 2 aliphatic heterocycles. The predicted octanol–water partition coefficient (Wildman–Crippen LogP) is 3.67. The molecule has 0 radical (unpaired) electrons. The molecule has 0 spiro atoms. The van der Waals surface area contributed by atoms with Gasteiger partial charge < -0.3 is 25.3 Å². The fourth-order valence-corrected chi connectivity index (χ4v) is 4.67. The van der Waals surface area contributed by atoms with E-state index in [-0.39, 0.29) is 11.9 Å². The first kappa shape index (κ1) is 25.2. The maximum absolute atomic E-state index is 13.2. The van der Waals surface area contributed by atoms with E-state index in [1.54, 1.807) is 29.1 Å². The van der Waals surface area contributed by atoms with E-state index >= 15 is 0 Å². The summed E-state index contributed by atoms with van der Waals surface area (Å²) in [7, 11) is 3.87. The molecule has 196 valence electrons. The van der Waals surface area contributed by atoms with Gasteiger partial charge in [0.1, 0.15) is 5.82 Å². The van der Waals surface area contributed by atoms with Gasteiger partial charge in [0.2, 0.25) is 11.9 Å². The summed E-state index contributed by atoms with van der Waals surface area (Å²) < 4.78 is 0. The first-order valence-electron chi connectivity index (χ1n) is 12.6. The summed E-state index contributed by atoms with van der Waals surface area (Å²) >= 11 is 0. The topological polar surface area (TPSA) is 96.9 Å². The zero-order valence-corrected chi connectivity index (χ0v) is 21.7. The van der Waals surface area contributed by atoms with E-state index in [1.807, 2.05) is 30.3 Å². The van der Waals surface area contributed by atoms with Gasteiger partial charge >= 0.3 is 6.03 Å². The summed E-state index contributed by atoms with van der Waals surface area (Å²) in [5.74, 6) is 0.747. The summed E-state index contributed by atoms with van der Waals surface area (Å²) in [6, 6.07) is 15.5. The number of amides is 3. The summed E-state index contributed by atoms with van der Waals surface area (Å²) in [6.45, 7) is 8.42. The first-order valence-corrected chi connectivity index (χ1v) is 12.6. The second-order valence-electron chi connectivity index (χ2n) is 9.60. The second kappa shape index (κ2) is 10.9. The van der Waals surface area contributed by atoms with Gasteiger partial charge in [0, 0.05) is 68.6 Å². The Morgan fingerprint density at radius 2 is 1.82 bits per heavy atom. The molecule has 0 aliphatic carbocycles. The molecular formula is C28H32N8O2. The number of piperazine rings is 1. The number of fused-ring (bicyclic) bond motifs is 1. The second-order valence-corrected chi connectivity index (χ2v) is 9.60. The molecule has 38 heavy (non-hydrogen) atoms. The SMILES string of the molecule is C=CC(=O)Nc1cccc(CN2Cc3cnc(Nc4ccc(N5CCN(C)CC5)cc4)nc3N(C)C2=O)c1. The molecule has 2 aromatic carbocycles. The Morgan fingerprint density at radius 1 is 1.05 bits per heavy atom. The highest BCUT2D eigenvalue weighted by atomic mass is 16.2. The number of carbonyl (C=O) groups is 2. The van der Waals surface area contributed by atoms with Gasteiger partial charge in [-0.2, -0.15) is 4.98 Å². The van der Waals surface area contributed by atoms with Crippen LogP contribution in [0.15, 0.2) is 67.4 Å². The van der Waals surface area contributed by atoms with Crippen molar-refractivity contribution >= 4 is 40.8 Å². The number of likely N-dealkylation sites (N-methyl/N-ethyl adjacent to an activating group) is 1. The van der Waals surface area contributed by atoms with Crippen molar-refractivity contribution < 1.29 is 9.59 Å². The molecule has 1 saturated heterocycles. The lowest BCUT2D eigenvalue weighted by Gasteiger charge is -2.34. The van der Waals surface area contributed by atoms with E-state index in [0.29, 0.717) is 30.5 Å². The summed E-state index contributed by atoms with van der Waals surface area (Å²) in [5, 5.41) is 6.01. The van der Waals surface area contributed by atoms with Crippen LogP contribution in [-0.4, -0.2) is 72.0 Å². The van der Waals surface area contributed by atoms with Crippen molar-refractivity contribution in [2.75, 3.05) is 60.7 Å². The van der Waals surface area contributed by atoms with E-state index in [1.165, 1.54) is 11.8 Å². The Balaban J connectivity index is 1.25. The van der Waals surface area contributed by atoms with Crippen molar-refractivity contribution in [3.05, 3.63) is 78.5 Å². The average Bonchev–Trinajstić information content (AvgIpc) is 2.93. The molecule has 0 bridgehead atoms. The van der Waals surface area contributed by atoms with E-state index in [0.717, 1.165) is 43.0 Å². The van der Waals surface area contributed by atoms with Crippen LogP contribution < -0.4 is 20.4 Å². The minimum absolute atomic E-state index is 0.154. The number of nitrogens with zero attached hydrogens (tertiary/aromatic N) is 6. The van der Waals surface area contributed by atoms with Crippen molar-refractivity contribution in [2.45, 2.75) is 13.1 Å². The smallest absolute Gasteiger partial charge is 0.326 e. The molecule has 3 amide bonds. The van der Waals surface area contributed by atoms with Crippen LogP contribution in [0.25, 0.3) is 0 Å². The molecule has 2 aliphatic rings. The van der Waals surface area contributed by atoms with Gasteiger partial charge in [-0.3, -0.25) is 9.69 Å². The monoisotopic (exact) mass is 512 g/mol. The fraction of sp³-hybridized carbons (Fsp3) is 0.286. The van der Waals surface area contributed by atoms with Gasteiger partial charge in [-0.1, -0.05) is 18.7 Å². The van der Waals surface area contributed by atoms with Crippen molar-refractivity contribution in [3.8, 4) is 0 Å². The Hall–Kier alpha value is -4.44. The van der Waals surface area contributed by atoms with Gasteiger partial charge in [0.25, 0.3) is 0 Å². The summed E-state index contributed by atoms with van der Waals surface area (Å²) in [6.07, 6.45) is 2.99. The number of rotatable bonds is 7. The Labute approximate surface area is 222 Å². The number of anilines is 5. The molecule has 1 fully saturated rings. The number of benzene rings is 2. The number of urea groups is 1. The third kappa shape index (κ3) is 5.60. The molecule has 10 heteroatoms. The number of hydrogen-bond acceptors (Lipinski definition) is 7. The molecule has 1 aromatic heterocycles. The predicted molar refractivity (Wildman–Crippen MR) is 150 cm³/mol. The largest absolute Gasteiger partial charge is 0.369 e. The van der Waals surface area contributed by atoms with Crippen LogP contribution in [0.3, 0.4) is 0 Å². The van der Waals surface area contributed by atoms with E-state index in [9.17, 15) is 9.59 Å². The van der Waals surface area contributed by atoms with Crippen molar-refractivity contribution in [1.29, 1.82) is 0 Å². The molecular weight excluding hydrogens is 480 g/mol. The van der Waals surface area contributed by atoms with Crippen LogP contribution >= 0.6 is 0 Å². The van der Waals surface area contributed by atoms with Crippen LogP contribution in [0.1, 0.15) is 11.1 Å². The summed E-state index contributed by atoms with van der Waals surface area (Å²) in [4.78, 5) is 41.9. The highest BCUT2D eigenvalue weighted by Crippen LogP contribution is 2.29. The van der Waals surface area contributed by atoms with Gasteiger partial charge in [-0.15, -0.1) is 0 Å². The fourth-order valence-electron chi connectivity index (χ4n) is 4.67. The number of aromatic nitrogens is 2. The van der Waals surface area contributed by atoms with E-state index in [4.69, 9.17) is 0 Å². The third-order valence-corrected chi connectivity index (χ3v) is 6.82. The lowest BCUT2D eigenvalue weighted by Crippen LogP contribution is -2.45.